The Labute approximate surface area is 95.6 Å². The van der Waals surface area contributed by atoms with Gasteiger partial charge in [0.1, 0.15) is 5.82 Å². The number of hydrogen-bond acceptors (Lipinski definition) is 4. The van der Waals surface area contributed by atoms with E-state index in [9.17, 15) is 5.11 Å². The number of nitrogens with one attached hydrogen (secondary N) is 1. The van der Waals surface area contributed by atoms with Crippen LogP contribution in [-0.2, 0) is 7.05 Å². The van der Waals surface area contributed by atoms with Crippen LogP contribution in [0.2, 0.25) is 0 Å². The molecule has 1 aromatic heterocycles. The highest BCUT2D eigenvalue weighted by Gasteiger charge is 2.21. The number of anilines is 2. The topological polar surface area (TPSA) is 76.1 Å². The molecular weight excluding hydrogens is 204 g/mol. The molecule has 0 aromatic carbocycles. The normalized spacial score (nSPS) is 25.7. The van der Waals surface area contributed by atoms with Gasteiger partial charge in [-0.3, -0.25) is 4.68 Å². The Morgan fingerprint density at radius 2 is 2.00 bits per heavy atom. The molecule has 0 spiro atoms. The molecule has 0 saturated heterocycles. The number of aryl methyl sites for hydroxylation is 2. The SMILES string of the molecule is Cc1nn(C)c(NC2CCC(O)CC2)c1N. The molecule has 1 aliphatic rings. The fourth-order valence-corrected chi connectivity index (χ4v) is 2.26. The van der Waals surface area contributed by atoms with Crippen LogP contribution in [0.25, 0.3) is 0 Å². The number of aromatic nitrogens is 2. The first-order valence-corrected chi connectivity index (χ1v) is 5.81. The minimum absolute atomic E-state index is 0.122. The van der Waals surface area contributed by atoms with Gasteiger partial charge in [-0.05, 0) is 32.6 Å². The van der Waals surface area contributed by atoms with Crippen molar-refractivity contribution >= 4 is 11.5 Å². The van der Waals surface area contributed by atoms with Crippen LogP contribution in [0.3, 0.4) is 0 Å². The Hall–Kier alpha value is -1.23. The Morgan fingerprint density at radius 3 is 2.50 bits per heavy atom. The summed E-state index contributed by atoms with van der Waals surface area (Å²) in [5, 5.41) is 17.1. The molecule has 5 nitrogen and oxygen atoms in total. The number of nitrogens with two attached hydrogens (primary N) is 1. The zero-order chi connectivity index (χ0) is 11.7. The van der Waals surface area contributed by atoms with Gasteiger partial charge in [-0.2, -0.15) is 5.10 Å². The highest BCUT2D eigenvalue weighted by Crippen LogP contribution is 2.26. The molecule has 1 fully saturated rings. The molecule has 2 rings (SSSR count). The van der Waals surface area contributed by atoms with Crippen molar-refractivity contribution in [3.05, 3.63) is 5.69 Å². The van der Waals surface area contributed by atoms with E-state index in [1.807, 2.05) is 14.0 Å². The fraction of sp³-hybridized carbons (Fsp3) is 0.727. The largest absolute Gasteiger partial charge is 0.394 e. The Balaban J connectivity index is 2.03. The Morgan fingerprint density at radius 1 is 1.38 bits per heavy atom. The molecule has 90 valence electrons. The summed E-state index contributed by atoms with van der Waals surface area (Å²) in [6.07, 6.45) is 3.60. The van der Waals surface area contributed by atoms with Crippen LogP contribution in [-0.4, -0.2) is 27.0 Å². The van der Waals surface area contributed by atoms with E-state index in [2.05, 4.69) is 10.4 Å². The number of hydrogen-bond donors (Lipinski definition) is 3. The molecule has 1 aliphatic carbocycles. The van der Waals surface area contributed by atoms with Crippen LogP contribution in [0.15, 0.2) is 0 Å². The fourth-order valence-electron chi connectivity index (χ4n) is 2.26. The van der Waals surface area contributed by atoms with Crippen LogP contribution >= 0.6 is 0 Å². The van der Waals surface area contributed by atoms with E-state index in [1.54, 1.807) is 4.68 Å². The minimum atomic E-state index is -0.122. The number of aliphatic hydroxyl groups is 1. The van der Waals surface area contributed by atoms with Gasteiger partial charge in [0.25, 0.3) is 0 Å². The predicted octanol–water partition coefficient (Wildman–Crippen LogP) is 1.03. The van der Waals surface area contributed by atoms with Gasteiger partial charge in [0.15, 0.2) is 0 Å². The van der Waals surface area contributed by atoms with E-state index in [-0.39, 0.29) is 6.10 Å². The lowest BCUT2D eigenvalue weighted by Gasteiger charge is -2.27. The standard InChI is InChI=1S/C11H20N4O/c1-7-10(12)11(15(2)14-7)13-8-3-5-9(16)6-4-8/h8-9,13,16H,3-6,12H2,1-2H3. The maximum absolute atomic E-state index is 9.44. The van der Waals surface area contributed by atoms with Crippen LogP contribution in [0.4, 0.5) is 11.5 Å². The van der Waals surface area contributed by atoms with Gasteiger partial charge in [0, 0.05) is 13.1 Å². The number of nitrogen functional groups attached to an aromatic ring is 1. The van der Waals surface area contributed by atoms with Crippen LogP contribution in [0.5, 0.6) is 0 Å². The molecule has 0 radical (unpaired) electrons. The third-order valence-corrected chi connectivity index (χ3v) is 3.31. The monoisotopic (exact) mass is 224 g/mol. The lowest BCUT2D eigenvalue weighted by atomic mass is 9.93. The second-order valence-electron chi connectivity index (χ2n) is 4.62. The zero-order valence-electron chi connectivity index (χ0n) is 9.90. The Kier molecular flexibility index (Phi) is 3.05. The molecule has 16 heavy (non-hydrogen) atoms. The first kappa shape index (κ1) is 11.3. The van der Waals surface area contributed by atoms with Crippen molar-refractivity contribution in [2.24, 2.45) is 7.05 Å². The lowest BCUT2D eigenvalue weighted by molar-refractivity contribution is 0.126. The van der Waals surface area contributed by atoms with Crippen molar-refractivity contribution in [1.82, 2.24) is 9.78 Å². The predicted molar refractivity (Wildman–Crippen MR) is 64.2 cm³/mol. The van der Waals surface area contributed by atoms with Crippen LogP contribution in [0.1, 0.15) is 31.4 Å². The highest BCUT2D eigenvalue weighted by molar-refractivity contribution is 5.64. The number of rotatable bonds is 2. The summed E-state index contributed by atoms with van der Waals surface area (Å²) >= 11 is 0. The second-order valence-corrected chi connectivity index (χ2v) is 4.62. The Bertz CT molecular complexity index is 366. The van der Waals surface area contributed by atoms with Gasteiger partial charge in [0.2, 0.25) is 0 Å². The molecule has 4 N–H and O–H groups in total. The average molecular weight is 224 g/mol. The molecule has 1 saturated carbocycles. The first-order chi connectivity index (χ1) is 7.58. The van der Waals surface area contributed by atoms with Gasteiger partial charge in [0.05, 0.1) is 17.5 Å². The van der Waals surface area contributed by atoms with Crippen molar-refractivity contribution in [2.45, 2.75) is 44.8 Å². The van der Waals surface area contributed by atoms with E-state index >= 15 is 0 Å². The second kappa shape index (κ2) is 4.33. The first-order valence-electron chi connectivity index (χ1n) is 5.81. The third kappa shape index (κ3) is 2.14. The summed E-state index contributed by atoms with van der Waals surface area (Å²) in [6, 6.07) is 0.403. The molecular formula is C11H20N4O. The van der Waals surface area contributed by atoms with Crippen molar-refractivity contribution in [2.75, 3.05) is 11.1 Å². The van der Waals surface area contributed by atoms with Gasteiger partial charge in [-0.25, -0.2) is 0 Å². The van der Waals surface area contributed by atoms with E-state index in [0.717, 1.165) is 42.9 Å². The highest BCUT2D eigenvalue weighted by atomic mass is 16.3. The van der Waals surface area contributed by atoms with Crippen molar-refractivity contribution in [3.63, 3.8) is 0 Å². The molecule has 1 aromatic rings. The maximum Gasteiger partial charge on any atom is 0.147 e. The molecule has 1 heterocycles. The van der Waals surface area contributed by atoms with Crippen molar-refractivity contribution in [3.8, 4) is 0 Å². The molecule has 0 amide bonds. The lowest BCUT2D eigenvalue weighted by Crippen LogP contribution is -2.29. The van der Waals surface area contributed by atoms with E-state index < -0.39 is 0 Å². The third-order valence-electron chi connectivity index (χ3n) is 3.31. The van der Waals surface area contributed by atoms with Gasteiger partial charge in [-0.15, -0.1) is 0 Å². The number of aliphatic hydroxyl groups excluding tert-OH is 1. The smallest absolute Gasteiger partial charge is 0.147 e. The van der Waals surface area contributed by atoms with Gasteiger partial charge >= 0.3 is 0 Å². The maximum atomic E-state index is 9.44. The quantitative estimate of drug-likeness (QED) is 0.701. The summed E-state index contributed by atoms with van der Waals surface area (Å²) in [4.78, 5) is 0. The summed E-state index contributed by atoms with van der Waals surface area (Å²) in [5.41, 5.74) is 7.54. The summed E-state index contributed by atoms with van der Waals surface area (Å²) in [5.74, 6) is 0.902. The van der Waals surface area contributed by atoms with Crippen LogP contribution < -0.4 is 11.1 Å². The molecule has 5 heteroatoms. The van der Waals surface area contributed by atoms with E-state index in [4.69, 9.17) is 5.73 Å². The zero-order valence-corrected chi connectivity index (χ0v) is 9.90. The molecule has 0 aliphatic heterocycles. The van der Waals surface area contributed by atoms with E-state index in [0.29, 0.717) is 6.04 Å². The molecule has 0 bridgehead atoms. The minimum Gasteiger partial charge on any atom is -0.394 e. The summed E-state index contributed by atoms with van der Waals surface area (Å²) in [7, 11) is 1.89. The number of nitrogens with zero attached hydrogens (tertiary/aromatic N) is 2. The van der Waals surface area contributed by atoms with Crippen LogP contribution in [0, 0.1) is 6.92 Å². The molecule has 0 unspecified atom stereocenters. The van der Waals surface area contributed by atoms with Crippen molar-refractivity contribution < 1.29 is 5.11 Å². The van der Waals surface area contributed by atoms with Gasteiger partial charge in [-0.1, -0.05) is 0 Å². The van der Waals surface area contributed by atoms with E-state index in [1.165, 1.54) is 0 Å². The van der Waals surface area contributed by atoms with Crippen molar-refractivity contribution in [1.29, 1.82) is 0 Å². The molecule has 0 atom stereocenters. The summed E-state index contributed by atoms with van der Waals surface area (Å²) in [6.45, 7) is 1.91. The van der Waals surface area contributed by atoms with Gasteiger partial charge < -0.3 is 16.2 Å². The summed E-state index contributed by atoms with van der Waals surface area (Å²) < 4.78 is 1.79. The average Bonchev–Trinajstić information content (AvgIpc) is 2.48.